The van der Waals surface area contributed by atoms with E-state index in [9.17, 15) is 10.5 Å². The Balaban J connectivity index is 0.674. The van der Waals surface area contributed by atoms with Crippen molar-refractivity contribution in [2.45, 2.75) is 13.8 Å². The molecule has 87 heavy (non-hydrogen) atoms. The van der Waals surface area contributed by atoms with Gasteiger partial charge in [-0.1, -0.05) is 132 Å². The zero-order valence-electron chi connectivity index (χ0n) is 47.3. The van der Waals surface area contributed by atoms with Gasteiger partial charge in [-0.05, 0) is 166 Å². The van der Waals surface area contributed by atoms with Crippen LogP contribution in [0.1, 0.15) is 22.3 Å². The minimum Gasteiger partial charge on any atom is -0.311 e. The molecule has 0 spiro atoms. The molecule has 2 aliphatic rings. The molecule has 1 radical (unpaired) electrons. The lowest BCUT2D eigenvalue weighted by Crippen LogP contribution is -2.58. The average molecular weight is 1120 g/mol. The smallest absolute Gasteiger partial charge is 0.311 e. The SMILES string of the molecule is Cc1ccc(N(c2ccc(/C(C#N)=C(\C#N)c3ccc(N(c4ccc(C)cc4)c4ccc(-c5ccc6[n+](c5)B(F)n5c(c7cccc8cccc5c87)=N6)cc4)cc3)cc2)c2ccc(-c3ccc4[n+](c3)[B]n3c(c5cccc6cccc3c65)=N4)cc2)cc1. The summed E-state index contributed by atoms with van der Waals surface area (Å²) in [6, 6.07) is 86.8. The van der Waals surface area contributed by atoms with Crippen molar-refractivity contribution in [3.63, 3.8) is 0 Å². The molecule has 0 saturated heterocycles. The van der Waals surface area contributed by atoms with Crippen LogP contribution in [0.15, 0.2) is 265 Å². The molecule has 10 nitrogen and oxygen atoms in total. The van der Waals surface area contributed by atoms with Gasteiger partial charge < -0.3 is 14.3 Å². The number of aromatic nitrogens is 4. The van der Waals surface area contributed by atoms with Gasteiger partial charge in [0, 0.05) is 79.2 Å². The highest BCUT2D eigenvalue weighted by molar-refractivity contribution is 6.42. The number of benzene rings is 10. The van der Waals surface area contributed by atoms with E-state index in [0.29, 0.717) is 22.4 Å². The second-order valence-corrected chi connectivity index (χ2v) is 22.3. The van der Waals surface area contributed by atoms with E-state index in [1.165, 1.54) is 10.8 Å². The Morgan fingerprint density at radius 3 is 1.36 bits per heavy atom. The number of allylic oxidation sites excluding steroid dienone is 2. The van der Waals surface area contributed by atoms with E-state index in [1.54, 1.807) is 8.96 Å². The molecule has 405 valence electrons. The first-order chi connectivity index (χ1) is 42.7. The van der Waals surface area contributed by atoms with E-state index >= 15 is 4.32 Å². The summed E-state index contributed by atoms with van der Waals surface area (Å²) in [6.07, 6.45) is 3.97. The number of anilines is 6. The third kappa shape index (κ3) is 8.47. The molecule has 4 aromatic heterocycles. The topological polar surface area (TPSA) is 96.4 Å². The summed E-state index contributed by atoms with van der Waals surface area (Å²) in [5.74, 6) is 1.41. The Labute approximate surface area is 501 Å². The lowest BCUT2D eigenvalue weighted by molar-refractivity contribution is -0.535. The monoisotopic (exact) mass is 1120 g/mol. The van der Waals surface area contributed by atoms with E-state index in [1.807, 2.05) is 91.1 Å². The molecule has 0 unspecified atom stereocenters. The predicted molar refractivity (Wildman–Crippen MR) is 347 cm³/mol. The maximum atomic E-state index is 16.8. The van der Waals surface area contributed by atoms with Gasteiger partial charge in [-0.25, -0.2) is 4.48 Å². The Morgan fingerprint density at radius 1 is 0.448 bits per heavy atom. The number of hydrogen-bond donors (Lipinski definition) is 0. The van der Waals surface area contributed by atoms with Gasteiger partial charge in [0.2, 0.25) is 11.0 Å². The molecule has 6 heterocycles. The minimum atomic E-state index is -1.48. The van der Waals surface area contributed by atoms with Crippen LogP contribution in [-0.4, -0.2) is 23.8 Å². The summed E-state index contributed by atoms with van der Waals surface area (Å²) >= 11 is 0. The summed E-state index contributed by atoms with van der Waals surface area (Å²) in [6.45, 7) is 4.14. The molecule has 0 bridgehead atoms. The molecule has 2 aliphatic heterocycles. The molecule has 0 amide bonds. The number of aryl methyl sites for hydroxylation is 2. The van der Waals surface area contributed by atoms with Gasteiger partial charge in [-0.2, -0.15) is 10.5 Å². The van der Waals surface area contributed by atoms with Crippen LogP contribution in [0.25, 0.3) is 76.8 Å². The summed E-state index contributed by atoms with van der Waals surface area (Å²) in [7, 11) is 0.639. The van der Waals surface area contributed by atoms with E-state index in [0.717, 1.165) is 111 Å². The second kappa shape index (κ2) is 20.3. The van der Waals surface area contributed by atoms with Gasteiger partial charge in [0.25, 0.3) is 0 Å². The Morgan fingerprint density at radius 2 is 0.851 bits per heavy atom. The molecule has 14 aromatic rings. The maximum absolute atomic E-state index is 16.8. The lowest BCUT2D eigenvalue weighted by atomic mass is 9.95. The number of nitriles is 2. The summed E-state index contributed by atoms with van der Waals surface area (Å²) in [4.78, 5) is 14.4. The number of halogens is 1. The van der Waals surface area contributed by atoms with Crippen LogP contribution in [0.2, 0.25) is 0 Å². The highest BCUT2D eigenvalue weighted by atomic mass is 19.1. The van der Waals surface area contributed by atoms with Crippen LogP contribution in [0.4, 0.5) is 50.1 Å². The van der Waals surface area contributed by atoms with Crippen molar-refractivity contribution in [3.05, 3.63) is 288 Å². The average Bonchev–Trinajstić information content (AvgIpc) is 2.36. The highest BCUT2D eigenvalue weighted by Crippen LogP contribution is 2.40. The Bertz CT molecular complexity index is 5340. The molecular weight excluding hydrogens is 1070 g/mol. The molecule has 0 saturated carbocycles. The zero-order chi connectivity index (χ0) is 58.4. The highest BCUT2D eigenvalue weighted by Gasteiger charge is 2.40. The molecule has 13 heteroatoms. The second-order valence-electron chi connectivity index (χ2n) is 22.3. The first-order valence-electron chi connectivity index (χ1n) is 28.8. The molecule has 0 aliphatic carbocycles. The summed E-state index contributed by atoms with van der Waals surface area (Å²) in [5, 5.41) is 28.2. The van der Waals surface area contributed by atoms with Crippen molar-refractivity contribution >= 4 is 115 Å². The van der Waals surface area contributed by atoms with Crippen molar-refractivity contribution in [3.8, 4) is 34.4 Å². The molecule has 10 aromatic carbocycles. The molecule has 0 N–H and O–H groups in total. The van der Waals surface area contributed by atoms with Crippen molar-refractivity contribution < 1.29 is 13.3 Å². The Kier molecular flexibility index (Phi) is 11.9. The van der Waals surface area contributed by atoms with E-state index in [-0.39, 0.29) is 11.1 Å². The van der Waals surface area contributed by atoms with Gasteiger partial charge in [-0.15, -0.1) is 0 Å². The van der Waals surface area contributed by atoms with Crippen molar-refractivity contribution in [2.75, 3.05) is 9.80 Å². The van der Waals surface area contributed by atoms with Crippen molar-refractivity contribution in [1.29, 1.82) is 10.5 Å². The predicted octanol–water partition coefficient (Wildman–Crippen LogP) is 15.6. The van der Waals surface area contributed by atoms with Gasteiger partial charge in [0.15, 0.2) is 0 Å². The van der Waals surface area contributed by atoms with E-state index in [4.69, 9.17) is 9.98 Å². The number of nitrogens with zero attached hydrogens (tertiary/aromatic N) is 10. The fourth-order valence-electron chi connectivity index (χ4n) is 12.7. The van der Waals surface area contributed by atoms with E-state index in [2.05, 4.69) is 216 Å². The van der Waals surface area contributed by atoms with Gasteiger partial charge >= 0.3 is 26.4 Å². The molecule has 16 rings (SSSR count). The summed E-state index contributed by atoms with van der Waals surface area (Å²) < 4.78 is 24.4. The minimum absolute atomic E-state index is 0.272. The van der Waals surface area contributed by atoms with E-state index < -0.39 is 7.26 Å². The number of pyridine rings is 2. The fraction of sp³-hybridized carbons (Fsp3) is 0.0270. The molecule has 0 atom stereocenters. The third-order valence-electron chi connectivity index (χ3n) is 17.1. The van der Waals surface area contributed by atoms with Gasteiger partial charge in [0.05, 0.1) is 34.3 Å². The van der Waals surface area contributed by atoms with Gasteiger partial charge in [0.1, 0.15) is 12.1 Å². The maximum Gasteiger partial charge on any atom is 0.727 e. The zero-order valence-corrected chi connectivity index (χ0v) is 47.3. The first-order valence-corrected chi connectivity index (χ1v) is 28.8. The first kappa shape index (κ1) is 51.0. The third-order valence-corrected chi connectivity index (χ3v) is 17.1. The van der Waals surface area contributed by atoms with Crippen molar-refractivity contribution in [2.24, 2.45) is 9.98 Å². The largest absolute Gasteiger partial charge is 0.727 e. The fourth-order valence-corrected chi connectivity index (χ4v) is 12.7. The van der Waals surface area contributed by atoms with Gasteiger partial charge in [-0.3, -0.25) is 13.3 Å². The lowest BCUT2D eigenvalue weighted by Gasteiger charge is -2.26. The van der Waals surface area contributed by atoms with Crippen LogP contribution in [0.3, 0.4) is 0 Å². The summed E-state index contributed by atoms with van der Waals surface area (Å²) in [5.41, 5.74) is 17.0. The quantitative estimate of drug-likeness (QED) is 0.0774. The van der Waals surface area contributed by atoms with Crippen LogP contribution in [-0.2, 0) is 0 Å². The molecule has 0 fully saturated rings. The Hall–Kier alpha value is -11.7. The number of hydrogen-bond acceptors (Lipinski definition) is 6. The van der Waals surface area contributed by atoms with Crippen LogP contribution >= 0.6 is 0 Å². The normalized spacial score (nSPS) is 12.5. The van der Waals surface area contributed by atoms with Crippen LogP contribution in [0, 0.1) is 36.5 Å². The standard InChI is InChI=1S/C74H48B2FN10/c1-47-15-29-57(30-16-47)84(59-33-19-49(20-34-59)55-27-41-69-80-73-63-11-3-7-53-9-5-13-67(71(53)63)86(73)75-82(69)45-55)61-37-23-51(24-38-61)65(43-78)66(44-79)52-25-39-62(40-26-52)85(58-31-17-48(2)18-32-58)60-35-21-50(22-36-60)56-28-42-70-81-74-64-12-4-8-54-10-6-14-68(72(54)64)87(74)76(77)83(70)46-56/h3-42,45-46H,1-2H3/q+2/b66-65+. The van der Waals surface area contributed by atoms with Crippen LogP contribution < -0.4 is 29.7 Å². The van der Waals surface area contributed by atoms with Crippen molar-refractivity contribution in [1.82, 2.24) is 8.96 Å². The molecular formula is C74H48B2FN10+2. The van der Waals surface area contributed by atoms with Crippen LogP contribution in [0.5, 0.6) is 0 Å². The number of rotatable bonds is 10. The number of fused-ring (bicyclic) bond motifs is 8.